The molecule has 2 aromatic carbocycles. The molecule has 1 N–H and O–H groups in total. The second-order valence-electron chi connectivity index (χ2n) is 6.97. The Morgan fingerprint density at radius 3 is 2.81 bits per heavy atom. The summed E-state index contributed by atoms with van der Waals surface area (Å²) in [5, 5.41) is 3.84. The Morgan fingerprint density at radius 2 is 1.97 bits per heavy atom. The van der Waals surface area contributed by atoms with Crippen LogP contribution in [-0.2, 0) is 16.4 Å². The van der Waals surface area contributed by atoms with Crippen LogP contribution in [0.15, 0.2) is 80.7 Å². The van der Waals surface area contributed by atoms with Crippen molar-refractivity contribution in [1.82, 2.24) is 5.16 Å². The van der Waals surface area contributed by atoms with Crippen LogP contribution in [0.2, 0.25) is 0 Å². The van der Waals surface area contributed by atoms with Crippen LogP contribution in [0, 0.1) is 5.82 Å². The number of benzene rings is 2. The molecule has 5 rings (SSSR count). The summed E-state index contributed by atoms with van der Waals surface area (Å²) in [6.45, 7) is 0.557. The first kappa shape index (κ1) is 19.7. The normalized spacial score (nSPS) is 13.5. The van der Waals surface area contributed by atoms with Crippen molar-refractivity contribution >= 4 is 32.8 Å². The van der Waals surface area contributed by atoms with Gasteiger partial charge >= 0.3 is 0 Å². The number of thiophene rings is 1. The molecule has 156 valence electrons. The van der Waals surface area contributed by atoms with Gasteiger partial charge in [-0.25, -0.2) is 12.8 Å². The lowest BCUT2D eigenvalue weighted by Gasteiger charge is -2.18. The summed E-state index contributed by atoms with van der Waals surface area (Å²) in [6.07, 6.45) is 2.11. The number of hydrogen-bond acceptors (Lipinski definition) is 6. The van der Waals surface area contributed by atoms with E-state index in [-0.39, 0.29) is 10.0 Å². The highest BCUT2D eigenvalue weighted by atomic mass is 32.2. The van der Waals surface area contributed by atoms with E-state index in [2.05, 4.69) is 14.9 Å². The Morgan fingerprint density at radius 1 is 1.06 bits per heavy atom. The Hall–Kier alpha value is -3.30. The van der Waals surface area contributed by atoms with Crippen molar-refractivity contribution < 1.29 is 17.3 Å². The summed E-state index contributed by atoms with van der Waals surface area (Å²) in [6, 6.07) is 16.6. The molecule has 31 heavy (non-hydrogen) atoms. The van der Waals surface area contributed by atoms with E-state index in [0.717, 1.165) is 33.7 Å². The number of fused-ring (bicyclic) bond motifs is 1. The smallest absolute Gasteiger partial charge is 0.271 e. The van der Waals surface area contributed by atoms with Gasteiger partial charge in [0.25, 0.3) is 10.0 Å². The molecule has 1 aliphatic rings. The number of halogens is 1. The van der Waals surface area contributed by atoms with Crippen LogP contribution in [0.25, 0.3) is 10.6 Å². The molecule has 0 saturated carbocycles. The molecule has 9 heteroatoms. The van der Waals surface area contributed by atoms with Crippen molar-refractivity contribution in [3.8, 4) is 10.6 Å². The van der Waals surface area contributed by atoms with Crippen LogP contribution in [0.3, 0.4) is 0 Å². The van der Waals surface area contributed by atoms with Gasteiger partial charge in [-0.3, -0.25) is 9.71 Å². The minimum Gasteiger partial charge on any atom is -0.364 e. The molecule has 0 aliphatic carbocycles. The third-order valence-electron chi connectivity index (χ3n) is 4.90. The second kappa shape index (κ2) is 7.75. The highest BCUT2D eigenvalue weighted by molar-refractivity contribution is 7.94. The van der Waals surface area contributed by atoms with E-state index in [9.17, 15) is 12.8 Å². The first-order valence-corrected chi connectivity index (χ1v) is 11.8. The topological polar surface area (TPSA) is 84.6 Å². The highest BCUT2D eigenvalue weighted by Crippen LogP contribution is 2.31. The van der Waals surface area contributed by atoms with Crippen LogP contribution in [0.1, 0.15) is 16.7 Å². The van der Waals surface area contributed by atoms with E-state index >= 15 is 0 Å². The Kier molecular flexibility index (Phi) is 4.91. The number of nitrogens with zero attached hydrogens (tertiary/aromatic N) is 2. The van der Waals surface area contributed by atoms with Crippen LogP contribution >= 0.6 is 11.3 Å². The molecule has 0 spiro atoms. The largest absolute Gasteiger partial charge is 0.364 e. The fourth-order valence-electron chi connectivity index (χ4n) is 3.50. The summed E-state index contributed by atoms with van der Waals surface area (Å²) in [5.74, 6) is -0.276. The van der Waals surface area contributed by atoms with E-state index in [4.69, 9.17) is 4.52 Å². The zero-order valence-electron chi connectivity index (χ0n) is 16.1. The quantitative estimate of drug-likeness (QED) is 0.473. The van der Waals surface area contributed by atoms with Gasteiger partial charge in [0, 0.05) is 29.4 Å². The molecule has 6 nitrogen and oxygen atoms in total. The van der Waals surface area contributed by atoms with Crippen molar-refractivity contribution in [3.05, 3.63) is 89.4 Å². The fourth-order valence-corrected chi connectivity index (χ4v) is 5.81. The maximum absolute atomic E-state index is 13.6. The molecule has 0 saturated heterocycles. The number of anilines is 1. The molecule has 3 heterocycles. The standard InChI is InChI=1S/C22H16FN3O3S2/c23-16-4-5-18-14(12-16)8-10-24-22(18)15-2-1-3-17(13-15)26-31(27,28)21-7-6-20(30-21)19-9-11-29-25-19/h1-7,9,11-13,26H,8,10H2. The molecule has 1 aliphatic heterocycles. The van der Waals surface area contributed by atoms with E-state index in [1.54, 1.807) is 36.4 Å². The molecule has 0 fully saturated rings. The molecular formula is C22H16FN3O3S2. The SMILES string of the molecule is O=S(=O)(Nc1cccc(C2=NCCc3cc(F)ccc32)c1)c1ccc(-c2ccon2)s1. The maximum Gasteiger partial charge on any atom is 0.271 e. The number of aromatic nitrogens is 1. The Labute approximate surface area is 182 Å². The van der Waals surface area contributed by atoms with Gasteiger partial charge in [-0.1, -0.05) is 17.3 Å². The van der Waals surface area contributed by atoms with Crippen LogP contribution in [0.5, 0.6) is 0 Å². The van der Waals surface area contributed by atoms with Gasteiger partial charge in [-0.2, -0.15) is 0 Å². The van der Waals surface area contributed by atoms with Gasteiger partial charge in [-0.05, 0) is 54.4 Å². The van der Waals surface area contributed by atoms with E-state index in [1.807, 2.05) is 6.07 Å². The van der Waals surface area contributed by atoms with Gasteiger partial charge in [0.05, 0.1) is 10.6 Å². The van der Waals surface area contributed by atoms with Gasteiger partial charge in [-0.15, -0.1) is 11.3 Å². The van der Waals surface area contributed by atoms with E-state index in [1.165, 1.54) is 24.5 Å². The molecule has 0 atom stereocenters. The number of sulfonamides is 1. The van der Waals surface area contributed by atoms with Gasteiger partial charge < -0.3 is 4.52 Å². The van der Waals surface area contributed by atoms with Crippen molar-refractivity contribution in [2.24, 2.45) is 4.99 Å². The minimum absolute atomic E-state index is 0.173. The molecule has 0 amide bonds. The third kappa shape index (κ3) is 3.89. The maximum atomic E-state index is 13.6. The molecule has 4 aromatic rings. The van der Waals surface area contributed by atoms with Gasteiger partial charge in [0.1, 0.15) is 22.0 Å². The lowest BCUT2D eigenvalue weighted by atomic mass is 9.93. The average Bonchev–Trinajstić information content (AvgIpc) is 3.45. The molecule has 2 aromatic heterocycles. The van der Waals surface area contributed by atoms with Gasteiger partial charge in [0.15, 0.2) is 0 Å². The van der Waals surface area contributed by atoms with Crippen LogP contribution < -0.4 is 4.72 Å². The molecule has 0 unspecified atom stereocenters. The summed E-state index contributed by atoms with van der Waals surface area (Å²) in [7, 11) is -3.78. The zero-order chi connectivity index (χ0) is 21.4. The van der Waals surface area contributed by atoms with E-state index in [0.29, 0.717) is 29.2 Å². The molecule has 0 radical (unpaired) electrons. The minimum atomic E-state index is -3.78. The molecular weight excluding hydrogens is 437 g/mol. The lowest BCUT2D eigenvalue weighted by molar-refractivity contribution is 0.422. The predicted octanol–water partition coefficient (Wildman–Crippen LogP) is 4.74. The monoisotopic (exact) mass is 453 g/mol. The Balaban J connectivity index is 1.43. The average molecular weight is 454 g/mol. The van der Waals surface area contributed by atoms with Gasteiger partial charge in [0.2, 0.25) is 0 Å². The summed E-state index contributed by atoms with van der Waals surface area (Å²) < 4.78 is 47.0. The van der Waals surface area contributed by atoms with Crippen LogP contribution in [-0.4, -0.2) is 25.8 Å². The van der Waals surface area contributed by atoms with Crippen LogP contribution in [0.4, 0.5) is 10.1 Å². The number of rotatable bonds is 5. The lowest BCUT2D eigenvalue weighted by Crippen LogP contribution is -2.15. The number of nitrogens with one attached hydrogen (secondary N) is 1. The Bertz CT molecular complexity index is 1390. The van der Waals surface area contributed by atoms with Crippen molar-refractivity contribution in [1.29, 1.82) is 0 Å². The van der Waals surface area contributed by atoms with Crippen molar-refractivity contribution in [2.45, 2.75) is 10.6 Å². The zero-order valence-corrected chi connectivity index (χ0v) is 17.7. The first-order valence-electron chi connectivity index (χ1n) is 9.47. The third-order valence-corrected chi connectivity index (χ3v) is 7.88. The first-order chi connectivity index (χ1) is 15.0. The summed E-state index contributed by atoms with van der Waals surface area (Å²) in [4.78, 5) is 5.30. The fraction of sp³-hybridized carbons (Fsp3) is 0.0909. The predicted molar refractivity (Wildman–Crippen MR) is 118 cm³/mol. The van der Waals surface area contributed by atoms with Crippen molar-refractivity contribution in [3.63, 3.8) is 0 Å². The molecule has 0 bridgehead atoms. The second-order valence-corrected chi connectivity index (χ2v) is 9.96. The highest BCUT2D eigenvalue weighted by Gasteiger charge is 2.20. The number of aliphatic imine (C=N–C) groups is 1. The number of hydrogen-bond donors (Lipinski definition) is 1. The summed E-state index contributed by atoms with van der Waals surface area (Å²) in [5.41, 5.74) is 4.26. The van der Waals surface area contributed by atoms with Crippen molar-refractivity contribution in [2.75, 3.05) is 11.3 Å². The summed E-state index contributed by atoms with van der Waals surface area (Å²) >= 11 is 1.11. The van der Waals surface area contributed by atoms with E-state index < -0.39 is 10.0 Å².